The first-order valence-corrected chi connectivity index (χ1v) is 9.70. The molecule has 1 N–H and O–H groups in total. The lowest BCUT2D eigenvalue weighted by Crippen LogP contribution is -2.24. The van der Waals surface area contributed by atoms with Gasteiger partial charge in [-0.3, -0.25) is 4.79 Å². The Labute approximate surface area is 162 Å². The van der Waals surface area contributed by atoms with Crippen LogP contribution in [0.4, 0.5) is 5.69 Å². The molecule has 0 aliphatic rings. The lowest BCUT2D eigenvalue weighted by molar-refractivity contribution is -0.118. The second kappa shape index (κ2) is 8.77. The second-order valence-electron chi connectivity index (χ2n) is 6.14. The smallest absolute Gasteiger partial charge is 0.230 e. The molecule has 3 aromatic rings. The van der Waals surface area contributed by atoms with E-state index in [0.717, 1.165) is 34.5 Å². The van der Waals surface area contributed by atoms with Gasteiger partial charge in [-0.2, -0.15) is 0 Å². The number of benzene rings is 1. The van der Waals surface area contributed by atoms with Crippen LogP contribution in [0.15, 0.2) is 52.2 Å². The first-order valence-electron chi connectivity index (χ1n) is 8.71. The van der Waals surface area contributed by atoms with Crippen molar-refractivity contribution in [3.63, 3.8) is 0 Å². The Morgan fingerprint density at radius 1 is 1.22 bits per heavy atom. The number of anilines is 1. The van der Waals surface area contributed by atoms with E-state index in [-0.39, 0.29) is 11.7 Å². The Morgan fingerprint density at radius 2 is 2.00 bits per heavy atom. The van der Waals surface area contributed by atoms with Crippen molar-refractivity contribution in [1.82, 2.24) is 20.1 Å². The van der Waals surface area contributed by atoms with Crippen molar-refractivity contribution in [3.05, 3.63) is 48.4 Å². The standard InChI is InChI=1S/C19H23N5O2S/c1-4-24-18(14-7-9-15(10-8-14)23(2)3)21-22-19(24)27-13-17(25)20-12-16-6-5-11-26-16/h5-11H,4,12-13H2,1-3H3,(H,20,25). The average Bonchev–Trinajstić information content (AvgIpc) is 3.34. The van der Waals surface area contributed by atoms with Gasteiger partial charge in [0.2, 0.25) is 5.91 Å². The number of nitrogens with zero attached hydrogens (tertiary/aromatic N) is 4. The van der Waals surface area contributed by atoms with Crippen molar-refractivity contribution in [2.75, 3.05) is 24.7 Å². The van der Waals surface area contributed by atoms with E-state index in [1.165, 1.54) is 11.8 Å². The summed E-state index contributed by atoms with van der Waals surface area (Å²) in [5, 5.41) is 12.2. The SMILES string of the molecule is CCn1c(SCC(=O)NCc2ccco2)nnc1-c1ccc(N(C)C)cc1. The highest BCUT2D eigenvalue weighted by Crippen LogP contribution is 2.25. The summed E-state index contributed by atoms with van der Waals surface area (Å²) in [6, 6.07) is 11.8. The van der Waals surface area contributed by atoms with Gasteiger partial charge in [-0.05, 0) is 43.3 Å². The van der Waals surface area contributed by atoms with Crippen LogP contribution in [-0.4, -0.2) is 40.5 Å². The number of amides is 1. The number of hydrogen-bond donors (Lipinski definition) is 1. The molecule has 0 bridgehead atoms. The summed E-state index contributed by atoms with van der Waals surface area (Å²) in [6.07, 6.45) is 1.59. The van der Waals surface area contributed by atoms with E-state index in [1.807, 2.05) is 43.8 Å². The van der Waals surface area contributed by atoms with E-state index in [4.69, 9.17) is 4.42 Å². The number of furan rings is 1. The van der Waals surface area contributed by atoms with Crippen LogP contribution in [0.1, 0.15) is 12.7 Å². The molecule has 142 valence electrons. The van der Waals surface area contributed by atoms with E-state index >= 15 is 0 Å². The number of rotatable bonds is 8. The number of carbonyl (C=O) groups excluding carboxylic acids is 1. The normalized spacial score (nSPS) is 10.8. The summed E-state index contributed by atoms with van der Waals surface area (Å²) in [5.41, 5.74) is 2.13. The molecule has 0 fully saturated rings. The largest absolute Gasteiger partial charge is 0.467 e. The van der Waals surface area contributed by atoms with Gasteiger partial charge in [0.25, 0.3) is 0 Å². The molecule has 1 amide bonds. The van der Waals surface area contributed by atoms with Crippen LogP contribution in [0.3, 0.4) is 0 Å². The van der Waals surface area contributed by atoms with Crippen LogP contribution in [0.5, 0.6) is 0 Å². The van der Waals surface area contributed by atoms with E-state index in [1.54, 1.807) is 12.3 Å². The molecule has 3 rings (SSSR count). The monoisotopic (exact) mass is 385 g/mol. The number of carbonyl (C=O) groups is 1. The van der Waals surface area contributed by atoms with Crippen molar-refractivity contribution in [3.8, 4) is 11.4 Å². The van der Waals surface area contributed by atoms with Crippen LogP contribution < -0.4 is 10.2 Å². The summed E-state index contributed by atoms with van der Waals surface area (Å²) < 4.78 is 7.23. The Bertz CT molecular complexity index is 872. The number of aromatic nitrogens is 3. The van der Waals surface area contributed by atoms with Gasteiger partial charge in [0.15, 0.2) is 11.0 Å². The van der Waals surface area contributed by atoms with Gasteiger partial charge >= 0.3 is 0 Å². The zero-order chi connectivity index (χ0) is 19.2. The fourth-order valence-corrected chi connectivity index (χ4v) is 3.41. The topological polar surface area (TPSA) is 76.2 Å². The maximum atomic E-state index is 12.1. The number of nitrogens with one attached hydrogen (secondary N) is 1. The zero-order valence-corrected chi connectivity index (χ0v) is 16.5. The third-order valence-corrected chi connectivity index (χ3v) is 5.01. The van der Waals surface area contributed by atoms with Gasteiger partial charge in [-0.15, -0.1) is 10.2 Å². The van der Waals surface area contributed by atoms with Gasteiger partial charge < -0.3 is 19.2 Å². The van der Waals surface area contributed by atoms with Gasteiger partial charge in [0, 0.05) is 31.9 Å². The van der Waals surface area contributed by atoms with Gasteiger partial charge in [-0.1, -0.05) is 11.8 Å². The van der Waals surface area contributed by atoms with E-state index in [9.17, 15) is 4.79 Å². The lowest BCUT2D eigenvalue weighted by Gasteiger charge is -2.13. The Kier molecular flexibility index (Phi) is 6.18. The summed E-state index contributed by atoms with van der Waals surface area (Å²) >= 11 is 1.38. The summed E-state index contributed by atoms with van der Waals surface area (Å²) in [4.78, 5) is 14.1. The Morgan fingerprint density at radius 3 is 2.63 bits per heavy atom. The minimum absolute atomic E-state index is 0.0704. The second-order valence-corrected chi connectivity index (χ2v) is 7.08. The van der Waals surface area contributed by atoms with Gasteiger partial charge in [0.05, 0.1) is 18.6 Å². The molecule has 2 aromatic heterocycles. The summed E-state index contributed by atoms with van der Waals surface area (Å²) in [7, 11) is 4.02. The molecule has 8 heteroatoms. The van der Waals surface area contributed by atoms with Crippen molar-refractivity contribution >= 4 is 23.4 Å². The van der Waals surface area contributed by atoms with E-state index in [2.05, 4.69) is 32.5 Å². The molecule has 0 saturated carbocycles. The molecule has 0 radical (unpaired) electrons. The highest BCUT2D eigenvalue weighted by atomic mass is 32.2. The molecule has 7 nitrogen and oxygen atoms in total. The predicted octanol–water partition coefficient (Wildman–Crippen LogP) is 3.03. The average molecular weight is 385 g/mol. The molecule has 27 heavy (non-hydrogen) atoms. The van der Waals surface area contributed by atoms with Crippen LogP contribution in [0.25, 0.3) is 11.4 Å². The van der Waals surface area contributed by atoms with Gasteiger partial charge in [-0.25, -0.2) is 0 Å². The van der Waals surface area contributed by atoms with Crippen molar-refractivity contribution in [2.24, 2.45) is 0 Å². The molecule has 1 aromatic carbocycles. The van der Waals surface area contributed by atoms with Crippen LogP contribution >= 0.6 is 11.8 Å². The fourth-order valence-electron chi connectivity index (χ4n) is 2.58. The highest BCUT2D eigenvalue weighted by molar-refractivity contribution is 7.99. The molecule has 2 heterocycles. The predicted molar refractivity (Wildman–Crippen MR) is 107 cm³/mol. The Hall–Kier alpha value is -2.74. The maximum Gasteiger partial charge on any atom is 0.230 e. The lowest BCUT2D eigenvalue weighted by atomic mass is 10.2. The first kappa shape index (κ1) is 19.0. The number of thioether (sulfide) groups is 1. The zero-order valence-electron chi connectivity index (χ0n) is 15.7. The summed E-state index contributed by atoms with van der Waals surface area (Å²) in [6.45, 7) is 3.16. The molecule has 0 aliphatic carbocycles. The molecule has 0 spiro atoms. The third kappa shape index (κ3) is 4.71. The molecule has 0 atom stereocenters. The maximum absolute atomic E-state index is 12.1. The van der Waals surface area contributed by atoms with Gasteiger partial charge in [0.1, 0.15) is 5.76 Å². The summed E-state index contributed by atoms with van der Waals surface area (Å²) in [5.74, 6) is 1.74. The minimum Gasteiger partial charge on any atom is -0.467 e. The van der Waals surface area contributed by atoms with Crippen molar-refractivity contribution in [2.45, 2.75) is 25.2 Å². The fraction of sp³-hybridized carbons (Fsp3) is 0.316. The van der Waals surface area contributed by atoms with Crippen LogP contribution in [-0.2, 0) is 17.9 Å². The van der Waals surface area contributed by atoms with E-state index in [0.29, 0.717) is 6.54 Å². The molecular formula is C19H23N5O2S. The van der Waals surface area contributed by atoms with Crippen LogP contribution in [0, 0.1) is 0 Å². The highest BCUT2D eigenvalue weighted by Gasteiger charge is 2.15. The molecule has 0 aliphatic heterocycles. The third-order valence-electron chi connectivity index (χ3n) is 4.05. The quantitative estimate of drug-likeness (QED) is 0.601. The molecule has 0 unspecified atom stereocenters. The van der Waals surface area contributed by atoms with Crippen molar-refractivity contribution < 1.29 is 9.21 Å². The molecule has 0 saturated heterocycles. The first-order chi connectivity index (χ1) is 13.1. The Balaban J connectivity index is 1.64. The van der Waals surface area contributed by atoms with Crippen molar-refractivity contribution in [1.29, 1.82) is 0 Å². The minimum atomic E-state index is -0.0704. The molecular weight excluding hydrogens is 362 g/mol. The van der Waals surface area contributed by atoms with E-state index < -0.39 is 0 Å². The number of hydrogen-bond acceptors (Lipinski definition) is 6. The van der Waals surface area contributed by atoms with Crippen LogP contribution in [0.2, 0.25) is 0 Å².